The number of carbonyl (C=O) groups excluding carboxylic acids is 1. The quantitative estimate of drug-likeness (QED) is 0.662. The molecule has 3 rings (SSSR count). The van der Waals surface area contributed by atoms with Crippen molar-refractivity contribution in [3.63, 3.8) is 0 Å². The molecule has 6 heteroatoms. The van der Waals surface area contributed by atoms with E-state index >= 15 is 0 Å². The van der Waals surface area contributed by atoms with E-state index in [0.717, 1.165) is 16.9 Å². The van der Waals surface area contributed by atoms with Crippen molar-refractivity contribution in [2.75, 3.05) is 17.7 Å². The Bertz CT molecular complexity index is 912. The molecule has 1 heterocycles. The molecular formula is C20H18ClN3O2. The Labute approximate surface area is 157 Å². The minimum absolute atomic E-state index is 0.200. The van der Waals surface area contributed by atoms with Gasteiger partial charge in [-0.05, 0) is 55.0 Å². The summed E-state index contributed by atoms with van der Waals surface area (Å²) in [4.78, 5) is 16.1. The molecular weight excluding hydrogens is 350 g/mol. The lowest BCUT2D eigenvalue weighted by atomic mass is 10.2. The predicted octanol–water partition coefficient (Wildman–Crippen LogP) is 5.05. The standard InChI is InChI=1S/C20H18ClN3O2/c1-13-10-18(19(26-2)11-17(13)21)23-15-5-7-16(8-6-15)24-20(25)14-4-3-9-22-12-14/h3-12,23H,1-2H3,(H,24,25). The maximum Gasteiger partial charge on any atom is 0.257 e. The van der Waals surface area contributed by atoms with Gasteiger partial charge in [0.2, 0.25) is 0 Å². The third kappa shape index (κ3) is 4.13. The van der Waals surface area contributed by atoms with Crippen LogP contribution >= 0.6 is 11.6 Å². The molecule has 0 aliphatic rings. The Morgan fingerprint density at radius 1 is 1.12 bits per heavy atom. The maximum atomic E-state index is 12.1. The first-order valence-electron chi connectivity index (χ1n) is 7.99. The van der Waals surface area contributed by atoms with Crippen LogP contribution in [0.2, 0.25) is 5.02 Å². The molecule has 3 aromatic rings. The average molecular weight is 368 g/mol. The van der Waals surface area contributed by atoms with Gasteiger partial charge in [0.05, 0.1) is 18.4 Å². The summed E-state index contributed by atoms with van der Waals surface area (Å²) in [5.41, 5.74) is 3.85. The molecule has 2 aromatic carbocycles. The van der Waals surface area contributed by atoms with Crippen molar-refractivity contribution in [3.8, 4) is 5.75 Å². The Balaban J connectivity index is 1.72. The Morgan fingerprint density at radius 3 is 2.50 bits per heavy atom. The SMILES string of the molecule is COc1cc(Cl)c(C)cc1Nc1ccc(NC(=O)c2cccnc2)cc1. The normalized spacial score (nSPS) is 10.3. The van der Waals surface area contributed by atoms with Crippen molar-refractivity contribution in [3.05, 3.63) is 77.1 Å². The number of benzene rings is 2. The molecule has 0 aliphatic carbocycles. The first-order valence-corrected chi connectivity index (χ1v) is 8.37. The topological polar surface area (TPSA) is 63.2 Å². The van der Waals surface area contributed by atoms with E-state index in [1.807, 2.05) is 37.3 Å². The van der Waals surface area contributed by atoms with Crippen LogP contribution in [0, 0.1) is 6.92 Å². The third-order valence-corrected chi connectivity index (χ3v) is 4.23. The number of hydrogen-bond acceptors (Lipinski definition) is 4. The molecule has 0 bridgehead atoms. The van der Waals surface area contributed by atoms with Crippen LogP contribution in [0.4, 0.5) is 17.1 Å². The molecule has 1 aromatic heterocycles. The summed E-state index contributed by atoms with van der Waals surface area (Å²) in [6.07, 6.45) is 3.16. The molecule has 132 valence electrons. The molecule has 5 nitrogen and oxygen atoms in total. The average Bonchev–Trinajstić information content (AvgIpc) is 2.66. The van der Waals surface area contributed by atoms with Crippen LogP contribution in [0.25, 0.3) is 0 Å². The fraction of sp³-hybridized carbons (Fsp3) is 0.100. The number of aromatic nitrogens is 1. The van der Waals surface area contributed by atoms with Gasteiger partial charge in [0.15, 0.2) is 0 Å². The van der Waals surface area contributed by atoms with Crippen molar-refractivity contribution < 1.29 is 9.53 Å². The molecule has 0 saturated heterocycles. The van der Waals surface area contributed by atoms with Crippen LogP contribution in [0.5, 0.6) is 5.75 Å². The minimum Gasteiger partial charge on any atom is -0.495 e. The van der Waals surface area contributed by atoms with Gasteiger partial charge in [-0.2, -0.15) is 0 Å². The smallest absolute Gasteiger partial charge is 0.257 e. The Morgan fingerprint density at radius 2 is 1.85 bits per heavy atom. The first kappa shape index (κ1) is 17.8. The number of pyridine rings is 1. The summed E-state index contributed by atoms with van der Waals surface area (Å²) >= 11 is 6.13. The fourth-order valence-corrected chi connectivity index (χ4v) is 2.58. The van der Waals surface area contributed by atoms with Gasteiger partial charge in [-0.15, -0.1) is 0 Å². The van der Waals surface area contributed by atoms with Crippen LogP contribution in [-0.2, 0) is 0 Å². The zero-order valence-corrected chi connectivity index (χ0v) is 15.2. The number of nitrogens with zero attached hydrogens (tertiary/aromatic N) is 1. The van der Waals surface area contributed by atoms with Crippen LogP contribution in [0.15, 0.2) is 60.9 Å². The van der Waals surface area contributed by atoms with Gasteiger partial charge in [0.25, 0.3) is 5.91 Å². The number of nitrogens with one attached hydrogen (secondary N) is 2. The molecule has 0 aliphatic heterocycles. The molecule has 26 heavy (non-hydrogen) atoms. The molecule has 0 saturated carbocycles. The largest absolute Gasteiger partial charge is 0.495 e. The minimum atomic E-state index is -0.200. The van der Waals surface area contributed by atoms with Crippen LogP contribution in [-0.4, -0.2) is 18.0 Å². The van der Waals surface area contributed by atoms with E-state index < -0.39 is 0 Å². The van der Waals surface area contributed by atoms with Crippen molar-refractivity contribution in [1.29, 1.82) is 0 Å². The summed E-state index contributed by atoms with van der Waals surface area (Å²) in [6, 6.07) is 14.6. The van der Waals surface area contributed by atoms with E-state index in [4.69, 9.17) is 16.3 Å². The highest BCUT2D eigenvalue weighted by molar-refractivity contribution is 6.31. The lowest BCUT2D eigenvalue weighted by molar-refractivity contribution is 0.102. The molecule has 0 unspecified atom stereocenters. The lowest BCUT2D eigenvalue weighted by Gasteiger charge is -2.13. The molecule has 0 radical (unpaired) electrons. The summed E-state index contributed by atoms with van der Waals surface area (Å²) in [6.45, 7) is 1.93. The number of rotatable bonds is 5. The van der Waals surface area contributed by atoms with Gasteiger partial charge in [-0.25, -0.2) is 0 Å². The maximum absolute atomic E-state index is 12.1. The number of anilines is 3. The van der Waals surface area contributed by atoms with E-state index in [9.17, 15) is 4.79 Å². The highest BCUT2D eigenvalue weighted by Crippen LogP contribution is 2.33. The second-order valence-electron chi connectivity index (χ2n) is 5.70. The Hall–Kier alpha value is -3.05. The van der Waals surface area contributed by atoms with Gasteiger partial charge in [-0.3, -0.25) is 9.78 Å². The van der Waals surface area contributed by atoms with E-state index in [1.165, 1.54) is 6.20 Å². The zero-order chi connectivity index (χ0) is 18.5. The van der Waals surface area contributed by atoms with Gasteiger partial charge in [-0.1, -0.05) is 11.6 Å². The van der Waals surface area contributed by atoms with E-state index in [1.54, 1.807) is 31.5 Å². The number of halogens is 1. The van der Waals surface area contributed by atoms with Gasteiger partial charge in [0.1, 0.15) is 5.75 Å². The summed E-state index contributed by atoms with van der Waals surface area (Å²) in [5.74, 6) is 0.461. The first-order chi connectivity index (χ1) is 12.6. The monoisotopic (exact) mass is 367 g/mol. The third-order valence-electron chi connectivity index (χ3n) is 3.83. The molecule has 1 amide bonds. The van der Waals surface area contributed by atoms with E-state index in [-0.39, 0.29) is 5.91 Å². The van der Waals surface area contributed by atoms with E-state index in [2.05, 4.69) is 15.6 Å². The summed E-state index contributed by atoms with van der Waals surface area (Å²) in [5, 5.41) is 6.79. The van der Waals surface area contributed by atoms with Crippen molar-refractivity contribution in [1.82, 2.24) is 4.98 Å². The molecule has 0 atom stereocenters. The highest BCUT2D eigenvalue weighted by atomic mass is 35.5. The predicted molar refractivity (Wildman–Crippen MR) is 105 cm³/mol. The number of amides is 1. The molecule has 0 spiro atoms. The van der Waals surface area contributed by atoms with Crippen LogP contribution in [0.3, 0.4) is 0 Å². The number of hydrogen-bond donors (Lipinski definition) is 2. The number of ether oxygens (including phenoxy) is 1. The molecule has 0 fully saturated rings. The highest BCUT2D eigenvalue weighted by Gasteiger charge is 2.08. The van der Waals surface area contributed by atoms with Crippen LogP contribution < -0.4 is 15.4 Å². The van der Waals surface area contributed by atoms with Gasteiger partial charge in [0, 0.05) is 34.9 Å². The lowest BCUT2D eigenvalue weighted by Crippen LogP contribution is -2.11. The Kier molecular flexibility index (Phi) is 5.39. The zero-order valence-electron chi connectivity index (χ0n) is 14.4. The van der Waals surface area contributed by atoms with Crippen molar-refractivity contribution in [2.45, 2.75) is 6.92 Å². The molecule has 2 N–H and O–H groups in total. The number of carbonyl (C=O) groups is 1. The number of aryl methyl sites for hydroxylation is 1. The number of methoxy groups -OCH3 is 1. The van der Waals surface area contributed by atoms with E-state index in [0.29, 0.717) is 22.0 Å². The van der Waals surface area contributed by atoms with Crippen molar-refractivity contribution in [2.24, 2.45) is 0 Å². The van der Waals surface area contributed by atoms with Crippen LogP contribution in [0.1, 0.15) is 15.9 Å². The van der Waals surface area contributed by atoms with Gasteiger partial charge < -0.3 is 15.4 Å². The summed E-state index contributed by atoms with van der Waals surface area (Å²) < 4.78 is 5.37. The summed E-state index contributed by atoms with van der Waals surface area (Å²) in [7, 11) is 1.60. The second-order valence-corrected chi connectivity index (χ2v) is 6.11. The second kappa shape index (κ2) is 7.89. The van der Waals surface area contributed by atoms with Gasteiger partial charge >= 0.3 is 0 Å². The van der Waals surface area contributed by atoms with Crippen molar-refractivity contribution >= 4 is 34.6 Å². The fourth-order valence-electron chi connectivity index (χ4n) is 2.42.